The number of alkyl halides is 2. The van der Waals surface area contributed by atoms with Crippen LogP contribution in [0.3, 0.4) is 0 Å². The molecule has 4 heterocycles. The van der Waals surface area contributed by atoms with E-state index in [1.54, 1.807) is 34.7 Å². The van der Waals surface area contributed by atoms with Crippen molar-refractivity contribution in [3.63, 3.8) is 0 Å². The fraction of sp³-hybridized carbons (Fsp3) is 0.263. The van der Waals surface area contributed by atoms with Crippen LogP contribution in [-0.4, -0.2) is 40.0 Å². The van der Waals surface area contributed by atoms with Crippen LogP contribution in [0.5, 0.6) is 5.88 Å². The summed E-state index contributed by atoms with van der Waals surface area (Å²) >= 11 is 0. The molecule has 0 saturated heterocycles. The zero-order chi connectivity index (χ0) is 21.1. The first-order valence-corrected chi connectivity index (χ1v) is 9.17. The second-order valence-electron chi connectivity index (χ2n) is 6.42. The zero-order valence-corrected chi connectivity index (χ0v) is 16.3. The van der Waals surface area contributed by atoms with Crippen LogP contribution in [-0.2, 0) is 20.2 Å². The molecule has 0 atom stereocenters. The predicted octanol–water partition coefficient (Wildman–Crippen LogP) is 3.07. The predicted molar refractivity (Wildman–Crippen MR) is 102 cm³/mol. The normalized spacial score (nSPS) is 11.2. The van der Waals surface area contributed by atoms with Gasteiger partial charge < -0.3 is 4.74 Å². The van der Waals surface area contributed by atoms with Crippen LogP contribution in [0.2, 0.25) is 0 Å². The van der Waals surface area contributed by atoms with Gasteiger partial charge in [0.2, 0.25) is 5.88 Å². The Balaban J connectivity index is 1.48. The number of nitrogens with zero attached hydrogens (tertiary/aromatic N) is 8. The molecule has 0 aliphatic heterocycles. The molecule has 4 aromatic heterocycles. The lowest BCUT2D eigenvalue weighted by molar-refractivity contribution is 0.151. The third-order valence-corrected chi connectivity index (χ3v) is 4.47. The molecule has 154 valence electrons. The lowest BCUT2D eigenvalue weighted by Gasteiger charge is -2.07. The summed E-state index contributed by atoms with van der Waals surface area (Å²) in [7, 11) is 1.71. The van der Waals surface area contributed by atoms with Crippen LogP contribution >= 0.6 is 0 Å². The summed E-state index contributed by atoms with van der Waals surface area (Å²) < 4.78 is 34.6. The maximum Gasteiger partial charge on any atom is 0.265 e. The highest BCUT2D eigenvalue weighted by Gasteiger charge is 2.16. The van der Waals surface area contributed by atoms with Gasteiger partial charge in [0.1, 0.15) is 18.0 Å². The number of rotatable bonds is 7. The van der Waals surface area contributed by atoms with Gasteiger partial charge in [-0.25, -0.2) is 13.5 Å². The largest absolute Gasteiger partial charge is 0.470 e. The minimum atomic E-state index is -2.57. The highest BCUT2D eigenvalue weighted by molar-refractivity contribution is 5.57. The van der Waals surface area contributed by atoms with Crippen molar-refractivity contribution in [2.24, 2.45) is 7.05 Å². The van der Waals surface area contributed by atoms with Crippen molar-refractivity contribution in [1.29, 1.82) is 0 Å². The molecule has 0 aliphatic rings. The number of halogens is 2. The van der Waals surface area contributed by atoms with E-state index in [-0.39, 0.29) is 12.2 Å². The highest BCUT2D eigenvalue weighted by Crippen LogP contribution is 2.24. The zero-order valence-electron chi connectivity index (χ0n) is 16.3. The van der Waals surface area contributed by atoms with Crippen molar-refractivity contribution in [2.75, 3.05) is 0 Å². The Morgan fingerprint density at radius 1 is 1.03 bits per heavy atom. The van der Waals surface area contributed by atoms with E-state index in [1.807, 2.05) is 13.1 Å². The lowest BCUT2D eigenvalue weighted by Crippen LogP contribution is -2.06. The third kappa shape index (κ3) is 4.00. The smallest absolute Gasteiger partial charge is 0.265 e. The first-order chi connectivity index (χ1) is 14.5. The van der Waals surface area contributed by atoms with Crippen LogP contribution in [0.25, 0.3) is 22.6 Å². The minimum Gasteiger partial charge on any atom is -0.470 e. The van der Waals surface area contributed by atoms with Gasteiger partial charge in [-0.05, 0) is 25.1 Å². The van der Waals surface area contributed by atoms with Crippen LogP contribution in [0.1, 0.15) is 24.6 Å². The van der Waals surface area contributed by atoms with Crippen LogP contribution in [0.4, 0.5) is 8.78 Å². The quantitative estimate of drug-likeness (QED) is 0.460. The Kier molecular flexibility index (Phi) is 5.42. The second kappa shape index (κ2) is 8.31. The van der Waals surface area contributed by atoms with Crippen molar-refractivity contribution in [3.8, 4) is 28.5 Å². The Morgan fingerprint density at radius 2 is 1.87 bits per heavy atom. The van der Waals surface area contributed by atoms with Crippen molar-refractivity contribution in [2.45, 2.75) is 26.5 Å². The molecule has 0 aromatic carbocycles. The molecule has 4 rings (SSSR count). The van der Waals surface area contributed by atoms with Crippen LogP contribution < -0.4 is 4.74 Å². The fourth-order valence-corrected chi connectivity index (χ4v) is 2.77. The Labute approximate surface area is 170 Å². The molecule has 0 N–H and O–H groups in total. The number of hydrogen-bond donors (Lipinski definition) is 0. The molecular formula is C19H18F2N8O. The molecule has 0 aliphatic carbocycles. The van der Waals surface area contributed by atoms with Crippen molar-refractivity contribution < 1.29 is 13.5 Å². The van der Waals surface area contributed by atoms with Crippen molar-refractivity contribution in [1.82, 2.24) is 40.0 Å². The van der Waals surface area contributed by atoms with E-state index in [2.05, 4.69) is 30.6 Å². The summed E-state index contributed by atoms with van der Waals surface area (Å²) in [6.07, 6.45) is 2.18. The van der Waals surface area contributed by atoms with Gasteiger partial charge in [0, 0.05) is 43.2 Å². The van der Waals surface area contributed by atoms with E-state index in [0.717, 1.165) is 18.3 Å². The number of ether oxygens (including phenoxy) is 1. The average molecular weight is 412 g/mol. The molecule has 0 fully saturated rings. The maximum atomic E-state index is 12.7. The monoisotopic (exact) mass is 412 g/mol. The SMILES string of the molecule is CCn1cc(-c2ccc(OCc3c(-c4ccc(C(F)F)cn4)nnn3C)nn2)cn1. The third-order valence-electron chi connectivity index (χ3n) is 4.47. The van der Waals surface area contributed by atoms with Gasteiger partial charge in [0.25, 0.3) is 6.43 Å². The van der Waals surface area contributed by atoms with E-state index in [1.165, 1.54) is 12.1 Å². The van der Waals surface area contributed by atoms with Gasteiger partial charge in [0.15, 0.2) is 0 Å². The average Bonchev–Trinajstić information content (AvgIpc) is 3.39. The number of pyridine rings is 1. The summed E-state index contributed by atoms with van der Waals surface area (Å²) in [5.74, 6) is 0.329. The van der Waals surface area contributed by atoms with E-state index >= 15 is 0 Å². The van der Waals surface area contributed by atoms with Gasteiger partial charge in [-0.3, -0.25) is 9.67 Å². The molecular weight excluding hydrogens is 394 g/mol. The Hall–Kier alpha value is -3.76. The second-order valence-corrected chi connectivity index (χ2v) is 6.42. The molecule has 0 saturated carbocycles. The van der Waals surface area contributed by atoms with E-state index in [9.17, 15) is 8.78 Å². The molecule has 0 bridgehead atoms. The molecule has 4 aromatic rings. The minimum absolute atomic E-state index is 0.110. The molecule has 0 amide bonds. The van der Waals surface area contributed by atoms with E-state index in [4.69, 9.17) is 4.74 Å². The first-order valence-electron chi connectivity index (χ1n) is 9.17. The summed E-state index contributed by atoms with van der Waals surface area (Å²) in [6, 6.07) is 6.31. The van der Waals surface area contributed by atoms with Gasteiger partial charge in [-0.2, -0.15) is 5.10 Å². The molecule has 0 radical (unpaired) electrons. The standard InChI is InChI=1S/C19H18F2N8O/c1-3-29-10-13(9-23-29)14-6-7-17(25-24-14)30-11-16-18(26-27-28(16)2)15-5-4-12(8-22-15)19(20)21/h4-10,19H,3,11H2,1-2H3. The molecule has 0 unspecified atom stereocenters. The van der Waals surface area contributed by atoms with E-state index < -0.39 is 6.43 Å². The maximum absolute atomic E-state index is 12.7. The fourth-order valence-electron chi connectivity index (χ4n) is 2.77. The van der Waals surface area contributed by atoms with Crippen molar-refractivity contribution in [3.05, 3.63) is 54.1 Å². The molecule has 11 heteroatoms. The molecule has 0 spiro atoms. The topological polar surface area (TPSA) is 96.4 Å². The number of aromatic nitrogens is 8. The Morgan fingerprint density at radius 3 is 2.50 bits per heavy atom. The molecule has 30 heavy (non-hydrogen) atoms. The Bertz CT molecular complexity index is 1120. The lowest BCUT2D eigenvalue weighted by atomic mass is 10.2. The number of hydrogen-bond acceptors (Lipinski definition) is 7. The van der Waals surface area contributed by atoms with Gasteiger partial charge >= 0.3 is 0 Å². The van der Waals surface area contributed by atoms with E-state index in [0.29, 0.717) is 28.7 Å². The summed E-state index contributed by atoms with van der Waals surface area (Å²) in [5, 5.41) is 20.5. The van der Waals surface area contributed by atoms with Crippen molar-refractivity contribution >= 4 is 0 Å². The molecule has 9 nitrogen and oxygen atoms in total. The summed E-state index contributed by atoms with van der Waals surface area (Å²) in [4.78, 5) is 4.07. The van der Waals surface area contributed by atoms with Gasteiger partial charge in [-0.15, -0.1) is 15.3 Å². The number of aryl methyl sites for hydroxylation is 2. The first kappa shape index (κ1) is 19.6. The van der Waals surface area contributed by atoms with Crippen LogP contribution in [0, 0.1) is 0 Å². The summed E-state index contributed by atoms with van der Waals surface area (Å²) in [6.45, 7) is 2.89. The van der Waals surface area contributed by atoms with Crippen LogP contribution in [0.15, 0.2) is 42.9 Å². The highest BCUT2D eigenvalue weighted by atomic mass is 19.3. The van der Waals surface area contributed by atoms with Gasteiger partial charge in [-0.1, -0.05) is 5.21 Å². The summed E-state index contributed by atoms with van der Waals surface area (Å²) in [5.41, 5.74) is 2.92. The van der Waals surface area contributed by atoms with Gasteiger partial charge in [0.05, 0.1) is 17.6 Å².